The highest BCUT2D eigenvalue weighted by Gasteiger charge is 2.09. The third kappa shape index (κ3) is 3.10. The van der Waals surface area contributed by atoms with Crippen molar-refractivity contribution < 1.29 is 9.15 Å². The second-order valence-corrected chi connectivity index (χ2v) is 5.40. The van der Waals surface area contributed by atoms with Gasteiger partial charge < -0.3 is 14.5 Å². The number of aromatic nitrogens is 3. The first-order valence-corrected chi connectivity index (χ1v) is 7.78. The fraction of sp³-hybridized carbons (Fsp3) is 0.0526. The van der Waals surface area contributed by atoms with Crippen molar-refractivity contribution in [3.63, 3.8) is 0 Å². The SMILES string of the molecule is COc1cc(Nc2ncn(-c3ccccc3)n2)ccc1-c1ccoc1. The van der Waals surface area contributed by atoms with Crippen LogP contribution in [0.5, 0.6) is 5.75 Å². The fourth-order valence-corrected chi connectivity index (χ4v) is 2.58. The lowest BCUT2D eigenvalue weighted by molar-refractivity contribution is 0.416. The van der Waals surface area contributed by atoms with E-state index < -0.39 is 0 Å². The number of hydrogen-bond donors (Lipinski definition) is 1. The Bertz CT molecular complexity index is 962. The lowest BCUT2D eigenvalue weighted by atomic mass is 10.1. The van der Waals surface area contributed by atoms with Crippen LogP contribution in [0, 0.1) is 0 Å². The Morgan fingerprint density at radius 2 is 1.96 bits per heavy atom. The minimum absolute atomic E-state index is 0.516. The molecule has 0 spiro atoms. The smallest absolute Gasteiger partial charge is 0.246 e. The summed E-state index contributed by atoms with van der Waals surface area (Å²) in [7, 11) is 1.64. The van der Waals surface area contributed by atoms with Gasteiger partial charge in [0.05, 0.1) is 25.3 Å². The van der Waals surface area contributed by atoms with E-state index in [4.69, 9.17) is 9.15 Å². The maximum absolute atomic E-state index is 5.49. The standard InChI is InChI=1S/C19H16N4O2/c1-24-18-11-15(7-8-17(18)14-9-10-25-12-14)21-19-20-13-23(22-19)16-5-3-2-4-6-16/h2-13H,1H3,(H,21,22). The fourth-order valence-electron chi connectivity index (χ4n) is 2.58. The van der Waals surface area contributed by atoms with Gasteiger partial charge in [0.2, 0.25) is 5.95 Å². The van der Waals surface area contributed by atoms with Gasteiger partial charge in [-0.3, -0.25) is 0 Å². The number of nitrogens with one attached hydrogen (secondary N) is 1. The van der Waals surface area contributed by atoms with E-state index in [2.05, 4.69) is 15.4 Å². The molecule has 0 atom stereocenters. The second-order valence-electron chi connectivity index (χ2n) is 5.40. The van der Waals surface area contributed by atoms with Gasteiger partial charge in [0.15, 0.2) is 0 Å². The highest BCUT2D eigenvalue weighted by molar-refractivity contribution is 5.73. The van der Waals surface area contributed by atoms with Crippen LogP contribution in [-0.4, -0.2) is 21.9 Å². The molecule has 2 aromatic heterocycles. The Morgan fingerprint density at radius 1 is 1.08 bits per heavy atom. The van der Waals surface area contributed by atoms with Gasteiger partial charge in [0.25, 0.3) is 0 Å². The molecule has 0 unspecified atom stereocenters. The van der Waals surface area contributed by atoms with Crippen molar-refractivity contribution in [1.29, 1.82) is 0 Å². The maximum atomic E-state index is 5.49. The van der Waals surface area contributed by atoms with Crippen LogP contribution in [0.15, 0.2) is 77.9 Å². The zero-order valence-corrected chi connectivity index (χ0v) is 13.6. The van der Waals surface area contributed by atoms with E-state index in [0.717, 1.165) is 28.3 Å². The van der Waals surface area contributed by atoms with Crippen LogP contribution >= 0.6 is 0 Å². The summed E-state index contributed by atoms with van der Waals surface area (Å²) in [5.74, 6) is 1.26. The molecule has 0 radical (unpaired) electrons. The molecule has 0 aliphatic heterocycles. The number of furan rings is 1. The van der Waals surface area contributed by atoms with Gasteiger partial charge in [-0.1, -0.05) is 18.2 Å². The summed E-state index contributed by atoms with van der Waals surface area (Å²) < 4.78 is 12.4. The van der Waals surface area contributed by atoms with Gasteiger partial charge in [0.1, 0.15) is 12.1 Å². The van der Waals surface area contributed by atoms with Crippen LogP contribution in [0.2, 0.25) is 0 Å². The number of rotatable bonds is 5. The highest BCUT2D eigenvalue weighted by atomic mass is 16.5. The molecule has 6 heteroatoms. The van der Waals surface area contributed by atoms with E-state index in [-0.39, 0.29) is 0 Å². The summed E-state index contributed by atoms with van der Waals surface area (Å²) >= 11 is 0. The minimum Gasteiger partial charge on any atom is -0.496 e. The zero-order chi connectivity index (χ0) is 17.1. The molecular weight excluding hydrogens is 316 g/mol. The predicted molar refractivity (Wildman–Crippen MR) is 95.3 cm³/mol. The molecule has 1 N–H and O–H groups in total. The summed E-state index contributed by atoms with van der Waals surface area (Å²) in [6.07, 6.45) is 5.00. The van der Waals surface area contributed by atoms with Gasteiger partial charge >= 0.3 is 0 Å². The van der Waals surface area contributed by atoms with Crippen LogP contribution in [0.1, 0.15) is 0 Å². The van der Waals surface area contributed by atoms with Crippen LogP contribution in [0.3, 0.4) is 0 Å². The topological polar surface area (TPSA) is 65.1 Å². The molecule has 0 fully saturated rings. The molecule has 0 aliphatic carbocycles. The molecule has 2 aromatic carbocycles. The number of benzene rings is 2. The van der Waals surface area contributed by atoms with Crippen LogP contribution in [0.25, 0.3) is 16.8 Å². The number of methoxy groups -OCH3 is 1. The lowest BCUT2D eigenvalue weighted by Gasteiger charge is -2.09. The van der Waals surface area contributed by atoms with Gasteiger partial charge in [-0.05, 0) is 30.3 Å². The Hall–Kier alpha value is -3.54. The average molecular weight is 332 g/mol. The molecule has 2 heterocycles. The second kappa shape index (κ2) is 6.52. The summed E-state index contributed by atoms with van der Waals surface area (Å²) in [6, 6.07) is 17.6. The highest BCUT2D eigenvalue weighted by Crippen LogP contribution is 2.33. The zero-order valence-electron chi connectivity index (χ0n) is 13.6. The monoisotopic (exact) mass is 332 g/mol. The first-order valence-electron chi connectivity index (χ1n) is 7.78. The molecule has 4 rings (SSSR count). The van der Waals surface area contributed by atoms with Gasteiger partial charge in [-0.15, -0.1) is 5.10 Å². The largest absolute Gasteiger partial charge is 0.496 e. The molecule has 6 nitrogen and oxygen atoms in total. The van der Waals surface area contributed by atoms with Crippen molar-refractivity contribution in [2.24, 2.45) is 0 Å². The van der Waals surface area contributed by atoms with Crippen molar-refractivity contribution in [3.8, 4) is 22.6 Å². The summed E-state index contributed by atoms with van der Waals surface area (Å²) in [4.78, 5) is 4.30. The van der Waals surface area contributed by atoms with Gasteiger partial charge in [0, 0.05) is 22.9 Å². The summed E-state index contributed by atoms with van der Waals surface area (Å²) in [5.41, 5.74) is 3.73. The average Bonchev–Trinajstić information content (AvgIpc) is 3.34. The number of hydrogen-bond acceptors (Lipinski definition) is 5. The third-order valence-electron chi connectivity index (χ3n) is 3.80. The van der Waals surface area contributed by atoms with E-state index in [1.54, 1.807) is 30.6 Å². The molecule has 0 bridgehead atoms. The van der Waals surface area contributed by atoms with Gasteiger partial charge in [-0.25, -0.2) is 4.68 Å². The Labute approximate surface area is 144 Å². The van der Waals surface area contributed by atoms with Gasteiger partial charge in [-0.2, -0.15) is 4.98 Å². The quantitative estimate of drug-likeness (QED) is 0.591. The third-order valence-corrected chi connectivity index (χ3v) is 3.80. The first-order chi connectivity index (χ1) is 12.3. The van der Waals surface area contributed by atoms with Crippen molar-refractivity contribution >= 4 is 11.6 Å². The number of ether oxygens (including phenoxy) is 1. The Morgan fingerprint density at radius 3 is 2.72 bits per heavy atom. The molecule has 0 saturated heterocycles. The number of para-hydroxylation sites is 1. The molecular formula is C19H16N4O2. The number of anilines is 2. The molecule has 0 aliphatic rings. The van der Waals surface area contributed by atoms with Crippen LogP contribution < -0.4 is 10.1 Å². The van der Waals surface area contributed by atoms with Crippen molar-refractivity contribution in [1.82, 2.24) is 14.8 Å². The molecule has 4 aromatic rings. The summed E-state index contributed by atoms with van der Waals surface area (Å²) in [6.45, 7) is 0. The molecule has 124 valence electrons. The normalized spacial score (nSPS) is 10.6. The lowest BCUT2D eigenvalue weighted by Crippen LogP contribution is -1.97. The van der Waals surface area contributed by atoms with E-state index in [0.29, 0.717) is 5.95 Å². The van der Waals surface area contributed by atoms with E-state index in [1.807, 2.05) is 54.6 Å². The molecule has 0 amide bonds. The van der Waals surface area contributed by atoms with Crippen molar-refractivity contribution in [3.05, 3.63) is 73.5 Å². The predicted octanol–water partition coefficient (Wildman–Crippen LogP) is 4.28. The van der Waals surface area contributed by atoms with E-state index in [1.165, 1.54) is 0 Å². The first kappa shape index (κ1) is 15.0. The number of nitrogens with zero attached hydrogens (tertiary/aromatic N) is 3. The molecule has 25 heavy (non-hydrogen) atoms. The Balaban J connectivity index is 1.58. The summed E-state index contributed by atoms with van der Waals surface area (Å²) in [5, 5.41) is 7.64. The van der Waals surface area contributed by atoms with Crippen LogP contribution in [-0.2, 0) is 0 Å². The van der Waals surface area contributed by atoms with E-state index in [9.17, 15) is 0 Å². The Kier molecular flexibility index (Phi) is 3.92. The maximum Gasteiger partial charge on any atom is 0.246 e. The molecule has 0 saturated carbocycles. The van der Waals surface area contributed by atoms with Crippen molar-refractivity contribution in [2.45, 2.75) is 0 Å². The minimum atomic E-state index is 0.516. The van der Waals surface area contributed by atoms with E-state index >= 15 is 0 Å². The van der Waals surface area contributed by atoms with Crippen LogP contribution in [0.4, 0.5) is 11.6 Å². The van der Waals surface area contributed by atoms with Crippen molar-refractivity contribution in [2.75, 3.05) is 12.4 Å².